The second-order valence-electron chi connectivity index (χ2n) is 0.782. The average molecular weight is 186 g/mol. The Morgan fingerprint density at radius 2 is 1.78 bits per heavy atom. The zero-order valence-electron chi connectivity index (χ0n) is 3.42. The van der Waals surface area contributed by atoms with Gasteiger partial charge in [-0.05, 0) is 0 Å². The second kappa shape index (κ2) is 4.95. The third-order valence-corrected chi connectivity index (χ3v) is 1.45. The van der Waals surface area contributed by atoms with E-state index in [-0.39, 0.29) is 29.6 Å². The summed E-state index contributed by atoms with van der Waals surface area (Å²) in [5.74, 6) is 0. The minimum atomic E-state index is -4.77. The molecule has 0 saturated carbocycles. The van der Waals surface area contributed by atoms with E-state index in [9.17, 15) is 8.77 Å². The molecule has 1 unspecified atom stereocenters. The molecule has 0 aliphatic heterocycles. The van der Waals surface area contributed by atoms with Gasteiger partial charge in [0.25, 0.3) is 0 Å². The van der Waals surface area contributed by atoms with Crippen molar-refractivity contribution in [3.8, 4) is 0 Å². The van der Waals surface area contributed by atoms with Crippen LogP contribution in [0.5, 0.6) is 0 Å². The van der Waals surface area contributed by atoms with Gasteiger partial charge in [0, 0.05) is 0 Å². The monoisotopic (exact) mass is 186 g/mol. The summed E-state index contributed by atoms with van der Waals surface area (Å²) in [6.45, 7) is 0. The molecule has 9 heavy (non-hydrogen) atoms. The number of hydrogen-bond donors (Lipinski definition) is 3. The van der Waals surface area contributed by atoms with Crippen molar-refractivity contribution < 1.29 is 27.1 Å². The fourth-order valence-electron chi connectivity index (χ4n) is 0.0831. The molecule has 0 rings (SSSR count). The van der Waals surface area contributed by atoms with Crippen LogP contribution in [-0.4, -0.2) is 48.1 Å². The van der Waals surface area contributed by atoms with E-state index in [1.54, 1.807) is 0 Å². The van der Waals surface area contributed by atoms with Crippen LogP contribution in [0.1, 0.15) is 0 Å². The fourth-order valence-corrected chi connectivity index (χ4v) is 0.748. The molecule has 9 heteroatoms. The Morgan fingerprint density at radius 1 is 1.44 bits per heavy atom. The van der Waals surface area contributed by atoms with Crippen LogP contribution in [0, 0.1) is 0 Å². The Bertz CT molecular complexity index is 136. The van der Waals surface area contributed by atoms with E-state index >= 15 is 0 Å². The molecular weight excluding hydrogens is 182 g/mol. The first-order chi connectivity index (χ1) is 3.42. The van der Waals surface area contributed by atoms with Crippen molar-refractivity contribution in [2.45, 2.75) is 0 Å². The van der Waals surface area contributed by atoms with Gasteiger partial charge in [-0.2, -0.15) is 8.18 Å². The third kappa shape index (κ3) is 12.4. The Labute approximate surface area is 75.6 Å². The van der Waals surface area contributed by atoms with Crippen molar-refractivity contribution in [2.24, 2.45) is 0 Å². The summed E-state index contributed by atoms with van der Waals surface area (Å²) in [6.07, 6.45) is 0. The maximum atomic E-state index is 9.56. The topological polar surface area (TPSA) is 104 Å². The Hall–Kier alpha value is 1.22. The van der Waals surface area contributed by atoms with Crippen LogP contribution in [0.2, 0.25) is 0 Å². The van der Waals surface area contributed by atoms with E-state index in [0.717, 1.165) is 0 Å². The summed E-state index contributed by atoms with van der Waals surface area (Å²) < 4.78 is 29.8. The molecule has 0 saturated heterocycles. The van der Waals surface area contributed by atoms with Crippen LogP contribution in [-0.2, 0) is 19.9 Å². The molecule has 0 aliphatic rings. The zero-order chi connectivity index (χ0) is 6.78. The summed E-state index contributed by atoms with van der Waals surface area (Å²) in [7, 11) is -4.77. The van der Waals surface area contributed by atoms with Crippen molar-refractivity contribution in [3.63, 3.8) is 0 Å². The van der Waals surface area contributed by atoms with Gasteiger partial charge >= 0.3 is 48.7 Å². The first-order valence-electron chi connectivity index (χ1n) is 1.28. The quantitative estimate of drug-likeness (QED) is 0.278. The van der Waals surface area contributed by atoms with E-state index < -0.39 is 19.2 Å². The molecule has 6 nitrogen and oxygen atoms in total. The Kier molecular flexibility index (Phi) is 7.07. The molecule has 0 aromatic heterocycles. The van der Waals surface area contributed by atoms with Gasteiger partial charge in [0.1, 0.15) is 0 Å². The summed E-state index contributed by atoms with van der Waals surface area (Å²) in [4.78, 5) is 15.4. The summed E-state index contributed by atoms with van der Waals surface area (Å²) in [5, 5.41) is 0. The third-order valence-electron chi connectivity index (χ3n) is 0.161. The van der Waals surface area contributed by atoms with Crippen LogP contribution in [0.25, 0.3) is 0 Å². The molecule has 52 valence electrons. The number of rotatable bonds is 2. The molecule has 0 heterocycles. The Morgan fingerprint density at radius 3 is 1.78 bits per heavy atom. The summed E-state index contributed by atoms with van der Waals surface area (Å²) >= 11 is -2.90. The van der Waals surface area contributed by atoms with Gasteiger partial charge in [0.05, 0.1) is 0 Å². The molecule has 0 aromatic carbocycles. The van der Waals surface area contributed by atoms with Crippen molar-refractivity contribution in [2.75, 3.05) is 0 Å². The van der Waals surface area contributed by atoms with Gasteiger partial charge in [-0.3, -0.25) is 4.55 Å². The molecule has 0 fully saturated rings. The van der Waals surface area contributed by atoms with Gasteiger partial charge in [-0.1, -0.05) is 0 Å². The van der Waals surface area contributed by atoms with Crippen LogP contribution in [0.15, 0.2) is 0 Å². The van der Waals surface area contributed by atoms with Gasteiger partial charge in [0.15, 0.2) is 0 Å². The van der Waals surface area contributed by atoms with Gasteiger partial charge in [-0.15, -0.1) is 0 Å². The second-order valence-corrected chi connectivity index (χ2v) is 2.79. The Balaban J connectivity index is 0. The summed E-state index contributed by atoms with van der Waals surface area (Å²) in [5.41, 5.74) is 0. The van der Waals surface area contributed by atoms with Gasteiger partial charge < -0.3 is 9.79 Å². The van der Waals surface area contributed by atoms with Crippen LogP contribution in [0.4, 0.5) is 0 Å². The molecule has 0 spiro atoms. The van der Waals surface area contributed by atoms with Crippen molar-refractivity contribution in [3.05, 3.63) is 0 Å². The molecule has 0 bridgehead atoms. The van der Waals surface area contributed by atoms with E-state index in [1.165, 1.54) is 0 Å². The zero-order valence-corrected chi connectivity index (χ0v) is 5.13. The molecule has 0 aliphatic carbocycles. The van der Waals surface area contributed by atoms with Gasteiger partial charge in [-0.25, -0.2) is 4.57 Å². The molecule has 0 amide bonds. The molecule has 1 atom stereocenters. The van der Waals surface area contributed by atoms with E-state index in [1.807, 2.05) is 0 Å². The van der Waals surface area contributed by atoms with Crippen molar-refractivity contribution in [1.29, 1.82) is 0 Å². The first kappa shape index (κ1) is 12.9. The van der Waals surface area contributed by atoms with Crippen LogP contribution < -0.4 is 0 Å². The van der Waals surface area contributed by atoms with Crippen molar-refractivity contribution in [1.82, 2.24) is 0 Å². The predicted octanol–water partition coefficient (Wildman–Crippen LogP) is -1.42. The SMILES string of the molecule is O=S(O)OP(=O)(O)O.[NaH]. The molecule has 0 aromatic rings. The van der Waals surface area contributed by atoms with Crippen LogP contribution in [0.3, 0.4) is 0 Å². The number of hydrogen-bond acceptors (Lipinski definition) is 3. The average Bonchev–Trinajstić information content (AvgIpc) is 1.21. The number of phosphoric acid groups is 1. The van der Waals surface area contributed by atoms with Gasteiger partial charge in [0.2, 0.25) is 0 Å². The summed E-state index contributed by atoms with van der Waals surface area (Å²) in [6, 6.07) is 0. The first-order valence-corrected chi connectivity index (χ1v) is 3.84. The van der Waals surface area contributed by atoms with E-state index in [2.05, 4.69) is 3.97 Å². The molecule has 3 N–H and O–H groups in total. The molecular formula is H4NaO6PS. The minimum absolute atomic E-state index is 0. The standard InChI is InChI=1S/Na.H3O6PS.H/c;1-7(2,3)6-8(4)5;/h;(H,4,5)(H2,1,2,3);. The normalized spacial score (nSPS) is 14.1. The molecule has 0 radical (unpaired) electrons. The van der Waals surface area contributed by atoms with Crippen LogP contribution >= 0.6 is 7.82 Å². The van der Waals surface area contributed by atoms with Crippen molar-refractivity contribution >= 4 is 48.7 Å². The van der Waals surface area contributed by atoms with E-state index in [4.69, 9.17) is 14.3 Å². The predicted molar refractivity (Wildman–Crippen MR) is 31.0 cm³/mol. The maximum absolute atomic E-state index is 9.56. The van der Waals surface area contributed by atoms with E-state index in [0.29, 0.717) is 0 Å². The fraction of sp³-hybridized carbons (Fsp3) is 0.